The fourth-order valence-corrected chi connectivity index (χ4v) is 13.2. The lowest BCUT2D eigenvalue weighted by Gasteiger charge is -2.19. The van der Waals surface area contributed by atoms with Crippen molar-refractivity contribution < 1.29 is 14.2 Å². The van der Waals surface area contributed by atoms with E-state index in [1.165, 1.54) is 80.4 Å². The Hall–Kier alpha value is -6.56. The summed E-state index contributed by atoms with van der Waals surface area (Å²) in [4.78, 5) is 29.0. The molecule has 14 rings (SSSR count). The molecule has 0 spiro atoms. The highest BCUT2D eigenvalue weighted by Crippen LogP contribution is 2.50. The second kappa shape index (κ2) is 18.2. The quantitative estimate of drug-likeness (QED) is 0.172. The molecule has 368 valence electrons. The van der Waals surface area contributed by atoms with E-state index in [2.05, 4.69) is 138 Å². The van der Waals surface area contributed by atoms with E-state index in [0.29, 0.717) is 43.5 Å². The van der Waals surface area contributed by atoms with E-state index in [1.54, 1.807) is 11.3 Å². The molecule has 4 aromatic carbocycles. The highest BCUT2D eigenvalue weighted by Gasteiger charge is 2.31. The molecule has 5 aliphatic heterocycles. The molecule has 11 heteroatoms. The van der Waals surface area contributed by atoms with Gasteiger partial charge in [0.15, 0.2) is 0 Å². The molecular formula is C61H64N6O3S2. The minimum Gasteiger partial charge on any atom is -0.487 e. The van der Waals surface area contributed by atoms with Crippen molar-refractivity contribution in [2.45, 2.75) is 121 Å². The number of rotatable bonds is 6. The zero-order valence-corrected chi connectivity index (χ0v) is 42.7. The number of imidazole rings is 2. The number of nitrogens with zero attached hydrogens (tertiary/aromatic N) is 4. The van der Waals surface area contributed by atoms with Gasteiger partial charge in [0.1, 0.15) is 48.7 Å². The van der Waals surface area contributed by atoms with Gasteiger partial charge < -0.3 is 24.2 Å². The molecule has 4 aromatic heterocycles. The maximum atomic E-state index is 6.29. The molecule has 0 amide bonds. The highest BCUT2D eigenvalue weighted by molar-refractivity contribution is 7.23. The van der Waals surface area contributed by atoms with E-state index >= 15 is 0 Å². The van der Waals surface area contributed by atoms with Crippen LogP contribution in [0.2, 0.25) is 0 Å². The number of allylic oxidation sites excluding steroid dienone is 3. The third kappa shape index (κ3) is 7.86. The van der Waals surface area contributed by atoms with E-state index in [9.17, 15) is 0 Å². The van der Waals surface area contributed by atoms with Crippen molar-refractivity contribution in [2.75, 3.05) is 6.61 Å². The molecule has 0 radical (unpaired) electrons. The van der Waals surface area contributed by atoms with Crippen molar-refractivity contribution >= 4 is 65.4 Å². The number of hydrogen-bond donors (Lipinski definition) is 2. The van der Waals surface area contributed by atoms with Crippen LogP contribution in [0.3, 0.4) is 0 Å². The molecule has 0 unspecified atom stereocenters. The van der Waals surface area contributed by atoms with Crippen LogP contribution in [0.5, 0.6) is 17.2 Å². The SMILES string of the molecule is C.C.CC(C)C1=NC2=C(C1)c1ccc3cc(-c4ccc5c(c4)OCc4[nH]c(C(C)C)nc4-5)sc3c1CC2.CC(C)C1=NC2=C(C1)c1ccc3cc(-c4ccc5c(c4)OCc4[nH]c(C(C)C)nc4-5)sc3c1OC2. The van der Waals surface area contributed by atoms with E-state index < -0.39 is 0 Å². The van der Waals surface area contributed by atoms with Crippen LogP contribution < -0.4 is 14.2 Å². The summed E-state index contributed by atoms with van der Waals surface area (Å²) < 4.78 is 21.2. The fourth-order valence-electron chi connectivity index (χ4n) is 10.8. The van der Waals surface area contributed by atoms with Crippen molar-refractivity contribution in [2.24, 2.45) is 21.8 Å². The largest absolute Gasteiger partial charge is 0.487 e. The number of aliphatic imine (C=N–C) groups is 2. The normalized spacial score (nSPS) is 15.8. The number of hydrogen-bond acceptors (Lipinski definition) is 9. The van der Waals surface area contributed by atoms with Crippen molar-refractivity contribution in [3.8, 4) is 60.6 Å². The maximum absolute atomic E-state index is 6.29. The van der Waals surface area contributed by atoms with Gasteiger partial charge in [0.2, 0.25) is 0 Å². The van der Waals surface area contributed by atoms with Crippen molar-refractivity contribution in [1.82, 2.24) is 19.9 Å². The minimum absolute atomic E-state index is 0. The summed E-state index contributed by atoms with van der Waals surface area (Å²) in [5.41, 5.74) is 20.6. The molecule has 0 atom stereocenters. The number of H-pyrrole nitrogens is 2. The van der Waals surface area contributed by atoms with Crippen LogP contribution >= 0.6 is 22.7 Å². The molecule has 72 heavy (non-hydrogen) atoms. The van der Waals surface area contributed by atoms with Gasteiger partial charge in [-0.25, -0.2) is 9.97 Å². The Balaban J connectivity index is 0.000000151. The molecule has 1 aliphatic carbocycles. The lowest BCUT2D eigenvalue weighted by atomic mass is 9.86. The van der Waals surface area contributed by atoms with Crippen LogP contribution in [0.1, 0.15) is 141 Å². The Kier molecular flexibility index (Phi) is 12.1. The fraction of sp³-hybridized carbons (Fsp3) is 0.344. The molecule has 9 nitrogen and oxygen atoms in total. The van der Waals surface area contributed by atoms with Gasteiger partial charge in [-0.05, 0) is 105 Å². The Morgan fingerprint density at radius 2 is 1.00 bits per heavy atom. The predicted octanol–water partition coefficient (Wildman–Crippen LogP) is 17.0. The summed E-state index contributed by atoms with van der Waals surface area (Å²) in [5, 5.41) is 2.55. The summed E-state index contributed by atoms with van der Waals surface area (Å²) in [6.07, 6.45) is 4.08. The summed E-state index contributed by atoms with van der Waals surface area (Å²) >= 11 is 3.70. The zero-order chi connectivity index (χ0) is 47.7. The van der Waals surface area contributed by atoms with Crippen LogP contribution in [0, 0.1) is 11.8 Å². The zero-order valence-electron chi connectivity index (χ0n) is 41.0. The third-order valence-electron chi connectivity index (χ3n) is 14.8. The van der Waals surface area contributed by atoms with Gasteiger partial charge in [-0.15, -0.1) is 22.7 Å². The molecule has 9 heterocycles. The van der Waals surface area contributed by atoms with Crippen LogP contribution in [0.15, 0.2) is 94.2 Å². The number of ether oxygens (including phenoxy) is 3. The monoisotopic (exact) mass is 992 g/mol. The second-order valence-corrected chi connectivity index (χ2v) is 22.9. The maximum Gasteiger partial charge on any atom is 0.145 e. The van der Waals surface area contributed by atoms with Crippen molar-refractivity contribution in [3.63, 3.8) is 0 Å². The number of benzene rings is 4. The third-order valence-corrected chi connectivity index (χ3v) is 17.3. The van der Waals surface area contributed by atoms with Gasteiger partial charge in [-0.2, -0.15) is 0 Å². The average Bonchev–Trinajstić information content (AvgIpc) is 4.22. The van der Waals surface area contributed by atoms with Crippen molar-refractivity contribution in [3.05, 3.63) is 124 Å². The first-order valence-corrected chi connectivity index (χ1v) is 26.6. The Bertz CT molecular complexity index is 3400. The number of thiophene rings is 2. The number of fused-ring (bicyclic) bond motifs is 14. The van der Waals surface area contributed by atoms with Gasteiger partial charge in [0.05, 0.1) is 33.2 Å². The van der Waals surface area contributed by atoms with Gasteiger partial charge >= 0.3 is 0 Å². The van der Waals surface area contributed by atoms with Gasteiger partial charge in [0.25, 0.3) is 0 Å². The molecule has 0 saturated carbocycles. The van der Waals surface area contributed by atoms with Gasteiger partial charge in [-0.3, -0.25) is 9.98 Å². The minimum atomic E-state index is 0. The Labute approximate surface area is 431 Å². The molecule has 2 N–H and O–H groups in total. The smallest absolute Gasteiger partial charge is 0.145 e. The second-order valence-electron chi connectivity index (χ2n) is 20.8. The molecule has 0 bridgehead atoms. The standard InChI is InChI=1S/C30H29N3OS.C29H27N3O2S.2CH4/c1-15(2)24-13-22-19-7-6-18-12-27(35-29(18)20(19)9-10-23(22)31-24)17-5-8-21-26(11-17)34-14-25-28(21)33-30(32-25)16(3)4;1-14(2)21-11-20-18-7-6-17-10-25(35-28(17)27(18)34-12-22(20)30-21)16-5-8-19-24(9-16)33-13-23-26(19)32-29(31-23)15(3)4;;/h5-8,11-12,15-16H,9-10,13-14H2,1-4H3,(H,32,33);5-10,14-15H,11-13H2,1-4H3,(H,31,32);2*1H4. The van der Waals surface area contributed by atoms with E-state index in [4.69, 9.17) is 34.2 Å². The number of aryl methyl sites for hydroxylation is 1. The van der Waals surface area contributed by atoms with E-state index in [0.717, 1.165) is 99.7 Å². The lowest BCUT2D eigenvalue weighted by molar-refractivity contribution is 0.297. The molecule has 0 fully saturated rings. The first-order valence-electron chi connectivity index (χ1n) is 25.0. The molecule has 6 aliphatic rings. The average molecular weight is 993 g/mol. The van der Waals surface area contributed by atoms with Crippen LogP contribution in [-0.2, 0) is 19.6 Å². The van der Waals surface area contributed by atoms with E-state index in [1.807, 2.05) is 11.3 Å². The number of aromatic nitrogens is 4. The predicted molar refractivity (Wildman–Crippen MR) is 301 cm³/mol. The first kappa shape index (κ1) is 47.7. The summed E-state index contributed by atoms with van der Waals surface area (Å²) in [7, 11) is 0. The Morgan fingerprint density at radius 3 is 1.56 bits per heavy atom. The lowest BCUT2D eigenvalue weighted by Crippen LogP contribution is -2.08. The molecule has 0 saturated heterocycles. The van der Waals surface area contributed by atoms with Crippen LogP contribution in [0.4, 0.5) is 0 Å². The highest BCUT2D eigenvalue weighted by atomic mass is 32.1. The summed E-state index contributed by atoms with van der Waals surface area (Å²) in [6, 6.07) is 26.7. The van der Waals surface area contributed by atoms with Gasteiger partial charge in [-0.1, -0.05) is 107 Å². The number of aromatic amines is 2. The van der Waals surface area contributed by atoms with Gasteiger partial charge in [0, 0.05) is 72.9 Å². The van der Waals surface area contributed by atoms with E-state index in [-0.39, 0.29) is 14.9 Å². The molecule has 8 aromatic rings. The summed E-state index contributed by atoms with van der Waals surface area (Å²) in [6.45, 7) is 19.2. The summed E-state index contributed by atoms with van der Waals surface area (Å²) in [5.74, 6) is 6.56. The van der Waals surface area contributed by atoms with Crippen LogP contribution in [0.25, 0.3) is 74.7 Å². The van der Waals surface area contributed by atoms with Crippen molar-refractivity contribution in [1.29, 1.82) is 0 Å². The Morgan fingerprint density at radius 1 is 0.500 bits per heavy atom. The number of nitrogens with one attached hydrogen (secondary N) is 2. The first-order chi connectivity index (χ1) is 33.9. The topological polar surface area (TPSA) is 110 Å². The molecular weight excluding hydrogens is 929 g/mol. The van der Waals surface area contributed by atoms with Crippen LogP contribution in [-0.4, -0.2) is 38.0 Å².